The lowest BCUT2D eigenvalue weighted by atomic mass is 10.2. The summed E-state index contributed by atoms with van der Waals surface area (Å²) in [6, 6.07) is 10.6. The van der Waals surface area contributed by atoms with E-state index in [1.807, 2.05) is 6.20 Å². The molecule has 2 aromatic heterocycles. The molecule has 0 bridgehead atoms. The Morgan fingerprint density at radius 3 is 2.92 bits per heavy atom. The van der Waals surface area contributed by atoms with E-state index in [-0.39, 0.29) is 0 Å². The van der Waals surface area contributed by atoms with Gasteiger partial charge in [-0.15, -0.1) is 11.3 Å². The van der Waals surface area contributed by atoms with E-state index in [1.54, 1.807) is 11.3 Å². The number of piperazine rings is 1. The fraction of sp³-hybridized carbons (Fsp3) is 0.368. The van der Waals surface area contributed by atoms with Crippen molar-refractivity contribution in [1.29, 1.82) is 0 Å². The third-order valence-corrected chi connectivity index (χ3v) is 6.25. The van der Waals surface area contributed by atoms with Crippen LogP contribution >= 0.6 is 27.3 Å². The Bertz CT molecular complexity index is 842. The largest absolute Gasteiger partial charge is 0.354 e. The number of halogens is 1. The van der Waals surface area contributed by atoms with Crippen molar-refractivity contribution in [3.63, 3.8) is 0 Å². The van der Waals surface area contributed by atoms with Gasteiger partial charge in [-0.3, -0.25) is 0 Å². The van der Waals surface area contributed by atoms with Crippen molar-refractivity contribution < 1.29 is 0 Å². The molecule has 0 radical (unpaired) electrons. The summed E-state index contributed by atoms with van der Waals surface area (Å²) in [5.41, 5.74) is 0.950. The average molecular weight is 432 g/mol. The highest BCUT2D eigenvalue weighted by molar-refractivity contribution is 9.10. The molecule has 0 aliphatic carbocycles. The van der Waals surface area contributed by atoms with Gasteiger partial charge in [-0.05, 0) is 46.4 Å². The molecule has 1 aliphatic heterocycles. The van der Waals surface area contributed by atoms with Crippen LogP contribution in [0.1, 0.15) is 6.42 Å². The van der Waals surface area contributed by atoms with Crippen LogP contribution in [0.15, 0.2) is 41.0 Å². The maximum atomic E-state index is 4.74. The number of thiophene rings is 1. The lowest BCUT2D eigenvalue weighted by Crippen LogP contribution is -2.44. The standard InChI is InChI=1S/C19H22BrN5S/c20-15-13-23-19(22-6-3-9-25-10-7-21-8-11-25)24-18(15)17-12-14-4-1-2-5-16(14)26-17/h1-2,4-5,12-13,21H,3,6-11H2,(H,22,23,24). The zero-order valence-electron chi connectivity index (χ0n) is 14.5. The molecule has 1 fully saturated rings. The number of fused-ring (bicyclic) bond motifs is 1. The number of benzene rings is 1. The Morgan fingerprint density at radius 1 is 1.23 bits per heavy atom. The minimum Gasteiger partial charge on any atom is -0.354 e. The van der Waals surface area contributed by atoms with Crippen LogP contribution in [0.4, 0.5) is 5.95 Å². The van der Waals surface area contributed by atoms with Gasteiger partial charge in [0, 0.05) is 43.6 Å². The van der Waals surface area contributed by atoms with Crippen molar-refractivity contribution in [3.8, 4) is 10.6 Å². The first-order valence-electron chi connectivity index (χ1n) is 8.98. The Morgan fingerprint density at radius 2 is 2.08 bits per heavy atom. The minimum atomic E-state index is 0.695. The van der Waals surface area contributed by atoms with Crippen molar-refractivity contribution >= 4 is 43.3 Å². The van der Waals surface area contributed by atoms with Crippen LogP contribution in [0.3, 0.4) is 0 Å². The van der Waals surface area contributed by atoms with Crippen molar-refractivity contribution in [2.24, 2.45) is 0 Å². The van der Waals surface area contributed by atoms with E-state index in [0.29, 0.717) is 5.95 Å². The quantitative estimate of drug-likeness (QED) is 0.580. The van der Waals surface area contributed by atoms with E-state index in [0.717, 1.165) is 60.7 Å². The summed E-state index contributed by atoms with van der Waals surface area (Å²) in [5, 5.41) is 8.01. The smallest absolute Gasteiger partial charge is 0.223 e. The molecule has 0 amide bonds. The number of hydrogen-bond acceptors (Lipinski definition) is 6. The number of anilines is 1. The lowest BCUT2D eigenvalue weighted by molar-refractivity contribution is 0.240. The molecular formula is C19H22BrN5S. The van der Waals surface area contributed by atoms with Crippen molar-refractivity contribution in [1.82, 2.24) is 20.2 Å². The van der Waals surface area contributed by atoms with E-state index in [4.69, 9.17) is 4.98 Å². The molecule has 4 rings (SSSR count). The summed E-state index contributed by atoms with van der Waals surface area (Å²) in [6.45, 7) is 6.49. The van der Waals surface area contributed by atoms with Crippen LogP contribution < -0.4 is 10.6 Å². The molecule has 5 nitrogen and oxygen atoms in total. The second-order valence-corrected chi connectivity index (χ2v) is 8.35. The van der Waals surface area contributed by atoms with Crippen molar-refractivity contribution in [3.05, 3.63) is 41.0 Å². The van der Waals surface area contributed by atoms with Gasteiger partial charge in [-0.2, -0.15) is 0 Å². The summed E-state index contributed by atoms with van der Waals surface area (Å²) < 4.78 is 2.20. The van der Waals surface area contributed by atoms with Gasteiger partial charge in [0.2, 0.25) is 5.95 Å². The predicted octanol–water partition coefficient (Wildman–Crippen LogP) is 3.83. The molecule has 0 unspecified atom stereocenters. The first-order chi connectivity index (χ1) is 12.8. The molecule has 0 saturated carbocycles. The highest BCUT2D eigenvalue weighted by Crippen LogP contribution is 2.36. The molecule has 1 aliphatic rings. The number of nitrogens with zero attached hydrogens (tertiary/aromatic N) is 3. The van der Waals surface area contributed by atoms with Gasteiger partial charge >= 0.3 is 0 Å². The maximum absolute atomic E-state index is 4.74. The van der Waals surface area contributed by atoms with Crippen LogP contribution in [-0.4, -0.2) is 54.1 Å². The molecular weight excluding hydrogens is 410 g/mol. The Kier molecular flexibility index (Phi) is 5.79. The monoisotopic (exact) mass is 431 g/mol. The average Bonchev–Trinajstić information content (AvgIpc) is 3.11. The Hall–Kier alpha value is -1.54. The lowest BCUT2D eigenvalue weighted by Gasteiger charge is -2.27. The van der Waals surface area contributed by atoms with Crippen LogP contribution in [0, 0.1) is 0 Å². The van der Waals surface area contributed by atoms with Gasteiger partial charge in [0.05, 0.1) is 9.35 Å². The van der Waals surface area contributed by atoms with Gasteiger partial charge in [0.25, 0.3) is 0 Å². The molecule has 7 heteroatoms. The fourth-order valence-corrected chi connectivity index (χ4v) is 4.76. The van der Waals surface area contributed by atoms with E-state index in [9.17, 15) is 0 Å². The number of nitrogens with one attached hydrogen (secondary N) is 2. The molecule has 0 spiro atoms. The van der Waals surface area contributed by atoms with Gasteiger partial charge in [0.1, 0.15) is 5.69 Å². The second kappa shape index (κ2) is 8.43. The first-order valence-corrected chi connectivity index (χ1v) is 10.6. The van der Waals surface area contributed by atoms with E-state index < -0.39 is 0 Å². The zero-order valence-corrected chi connectivity index (χ0v) is 16.9. The first kappa shape index (κ1) is 17.9. The molecule has 2 N–H and O–H groups in total. The van der Waals surface area contributed by atoms with Gasteiger partial charge in [-0.1, -0.05) is 18.2 Å². The van der Waals surface area contributed by atoms with Gasteiger partial charge in [0.15, 0.2) is 0 Å². The van der Waals surface area contributed by atoms with E-state index in [1.165, 1.54) is 10.1 Å². The molecule has 26 heavy (non-hydrogen) atoms. The molecule has 1 aromatic carbocycles. The Labute approximate surface area is 166 Å². The molecule has 1 saturated heterocycles. The third-order valence-electron chi connectivity index (χ3n) is 4.55. The highest BCUT2D eigenvalue weighted by Gasteiger charge is 2.12. The van der Waals surface area contributed by atoms with Crippen LogP contribution in [0.25, 0.3) is 20.7 Å². The highest BCUT2D eigenvalue weighted by atomic mass is 79.9. The molecule has 136 valence electrons. The molecule has 3 aromatic rings. The normalized spacial score (nSPS) is 15.4. The Balaban J connectivity index is 1.41. The van der Waals surface area contributed by atoms with Gasteiger partial charge in [-0.25, -0.2) is 9.97 Å². The summed E-state index contributed by atoms with van der Waals surface area (Å²) in [4.78, 5) is 12.8. The minimum absolute atomic E-state index is 0.695. The summed E-state index contributed by atoms with van der Waals surface area (Å²) in [5.74, 6) is 0.695. The van der Waals surface area contributed by atoms with Crippen LogP contribution in [0.2, 0.25) is 0 Å². The van der Waals surface area contributed by atoms with Crippen molar-refractivity contribution in [2.75, 3.05) is 44.6 Å². The topological polar surface area (TPSA) is 53.1 Å². The number of rotatable bonds is 6. The SMILES string of the molecule is Brc1cnc(NCCCN2CCNCC2)nc1-c1cc2ccccc2s1. The van der Waals surface area contributed by atoms with E-state index in [2.05, 4.69) is 66.8 Å². The zero-order chi connectivity index (χ0) is 17.8. The van der Waals surface area contributed by atoms with Crippen molar-refractivity contribution in [2.45, 2.75) is 6.42 Å². The maximum Gasteiger partial charge on any atom is 0.223 e. The molecule has 3 heterocycles. The molecule has 0 atom stereocenters. The summed E-state index contributed by atoms with van der Waals surface area (Å²) in [6.07, 6.45) is 2.93. The van der Waals surface area contributed by atoms with Gasteiger partial charge < -0.3 is 15.5 Å². The summed E-state index contributed by atoms with van der Waals surface area (Å²) >= 11 is 5.36. The van der Waals surface area contributed by atoms with Crippen LogP contribution in [-0.2, 0) is 0 Å². The predicted molar refractivity (Wildman–Crippen MR) is 113 cm³/mol. The number of hydrogen-bond donors (Lipinski definition) is 2. The third kappa shape index (κ3) is 4.23. The van der Waals surface area contributed by atoms with E-state index >= 15 is 0 Å². The van der Waals surface area contributed by atoms with Crippen LogP contribution in [0.5, 0.6) is 0 Å². The fourth-order valence-electron chi connectivity index (χ4n) is 3.16. The second-order valence-electron chi connectivity index (χ2n) is 6.41. The summed E-state index contributed by atoms with van der Waals surface area (Å²) in [7, 11) is 0. The number of aromatic nitrogens is 2.